The van der Waals surface area contributed by atoms with Crippen LogP contribution in [0, 0.1) is 17.2 Å². The Morgan fingerprint density at radius 2 is 2.05 bits per heavy atom. The molecule has 212 valence electrons. The standard InChI is InChI=1S/C25H29N6O8P/c1-4-36-22(32)18(14(2)3)30-40(35,38-15-8-6-5-7-9-15)39-20-19-25(20,34)23(33)24(12-26,37-19)17-11-10-16-21(27)28-13-29-31(16)17/h5-11,13-14,18-20,23,33-34H,4H2,1-3H3,(H,30,35)(H2,27,28,29)/t18-,19+,20?,23-,24-,25-,40?/m0/s1. The largest absolute Gasteiger partial charge is 0.465 e. The van der Waals surface area contributed by atoms with E-state index in [2.05, 4.69) is 15.2 Å². The van der Waals surface area contributed by atoms with Crippen molar-refractivity contribution in [1.82, 2.24) is 19.7 Å². The molecule has 5 rings (SSSR count). The molecule has 14 nitrogen and oxygen atoms in total. The number of hydrogen-bond acceptors (Lipinski definition) is 12. The number of nitrogens with one attached hydrogen (secondary N) is 1. The molecule has 0 spiro atoms. The monoisotopic (exact) mass is 572 g/mol. The van der Waals surface area contributed by atoms with Crippen LogP contribution >= 0.6 is 7.75 Å². The van der Waals surface area contributed by atoms with Crippen LogP contribution in [-0.4, -0.2) is 67.3 Å². The summed E-state index contributed by atoms with van der Waals surface area (Å²) < 4.78 is 37.9. The Balaban J connectivity index is 1.44. The lowest BCUT2D eigenvalue weighted by Crippen LogP contribution is -2.48. The minimum atomic E-state index is -4.43. The second-order valence-corrected chi connectivity index (χ2v) is 11.5. The highest BCUT2D eigenvalue weighted by Gasteiger charge is 2.83. The first-order valence-electron chi connectivity index (χ1n) is 12.6. The molecular formula is C25H29N6O8P. The van der Waals surface area contributed by atoms with Crippen molar-refractivity contribution >= 4 is 25.1 Å². The molecule has 0 amide bonds. The molecule has 2 aromatic heterocycles. The minimum Gasteiger partial charge on any atom is -0.465 e. The number of para-hydroxylation sites is 1. The van der Waals surface area contributed by atoms with E-state index in [-0.39, 0.29) is 29.8 Å². The number of anilines is 1. The molecule has 1 aromatic carbocycles. The number of carbonyl (C=O) groups excluding carboxylic acids is 1. The molecule has 0 radical (unpaired) electrons. The second-order valence-electron chi connectivity index (χ2n) is 9.87. The van der Waals surface area contributed by atoms with Gasteiger partial charge in [-0.3, -0.25) is 9.32 Å². The van der Waals surface area contributed by atoms with Gasteiger partial charge < -0.3 is 29.9 Å². The van der Waals surface area contributed by atoms with Gasteiger partial charge >= 0.3 is 13.7 Å². The van der Waals surface area contributed by atoms with Crippen molar-refractivity contribution in [2.45, 2.75) is 56.3 Å². The van der Waals surface area contributed by atoms with E-state index in [1.807, 2.05) is 6.07 Å². The van der Waals surface area contributed by atoms with Gasteiger partial charge in [-0.05, 0) is 37.1 Å². The summed E-state index contributed by atoms with van der Waals surface area (Å²) in [5, 5.41) is 39.6. The maximum atomic E-state index is 14.1. The average molecular weight is 573 g/mol. The molecule has 15 heteroatoms. The highest BCUT2D eigenvalue weighted by molar-refractivity contribution is 7.52. The van der Waals surface area contributed by atoms with Gasteiger partial charge in [0.2, 0.25) is 5.60 Å². The molecule has 40 heavy (non-hydrogen) atoms. The van der Waals surface area contributed by atoms with Crippen LogP contribution in [0.4, 0.5) is 5.82 Å². The molecule has 1 aliphatic heterocycles. The topological polar surface area (TPSA) is 204 Å². The van der Waals surface area contributed by atoms with E-state index >= 15 is 0 Å². The summed E-state index contributed by atoms with van der Waals surface area (Å²) in [6.45, 7) is 5.17. The number of nitrogens with zero attached hydrogens (tertiary/aromatic N) is 4. The van der Waals surface area contributed by atoms with Gasteiger partial charge in [-0.1, -0.05) is 32.0 Å². The van der Waals surface area contributed by atoms with Gasteiger partial charge in [-0.2, -0.15) is 15.4 Å². The van der Waals surface area contributed by atoms with Crippen LogP contribution < -0.4 is 15.3 Å². The number of aliphatic hydroxyl groups is 2. The van der Waals surface area contributed by atoms with Crippen molar-refractivity contribution < 1.29 is 38.1 Å². The maximum absolute atomic E-state index is 14.1. The molecule has 0 bridgehead atoms. The number of hydrogen-bond donors (Lipinski definition) is 4. The van der Waals surface area contributed by atoms with E-state index in [9.17, 15) is 24.8 Å². The molecular weight excluding hydrogens is 543 g/mol. The number of nitrogen functional groups attached to an aromatic ring is 1. The van der Waals surface area contributed by atoms with Crippen molar-refractivity contribution in [3.63, 3.8) is 0 Å². The van der Waals surface area contributed by atoms with Gasteiger partial charge in [0.1, 0.15) is 48.0 Å². The highest BCUT2D eigenvalue weighted by Crippen LogP contribution is 2.63. The molecule has 3 aromatic rings. The van der Waals surface area contributed by atoms with E-state index in [4.69, 9.17) is 24.3 Å². The first kappa shape index (κ1) is 28.0. The first-order chi connectivity index (χ1) is 19.0. The van der Waals surface area contributed by atoms with Crippen molar-refractivity contribution in [1.29, 1.82) is 5.26 Å². The van der Waals surface area contributed by atoms with Crippen LogP contribution in [0.1, 0.15) is 26.5 Å². The Morgan fingerprint density at radius 3 is 2.65 bits per heavy atom. The van der Waals surface area contributed by atoms with Gasteiger partial charge in [0, 0.05) is 0 Å². The smallest absolute Gasteiger partial charge is 0.459 e. The molecule has 1 saturated carbocycles. The van der Waals surface area contributed by atoms with Crippen molar-refractivity contribution in [2.24, 2.45) is 5.92 Å². The van der Waals surface area contributed by atoms with Crippen LogP contribution in [0.15, 0.2) is 48.8 Å². The third-order valence-corrected chi connectivity index (χ3v) is 8.52. The summed E-state index contributed by atoms with van der Waals surface area (Å²) in [5.41, 5.74) is 2.16. The summed E-state index contributed by atoms with van der Waals surface area (Å²) in [6.07, 6.45) is -3.34. The minimum absolute atomic E-state index is 0.0974. The zero-order valence-electron chi connectivity index (χ0n) is 21.9. The Kier molecular flexibility index (Phi) is 7.08. The predicted molar refractivity (Wildman–Crippen MR) is 138 cm³/mol. The number of ether oxygens (including phenoxy) is 2. The Bertz CT molecular complexity index is 1510. The number of esters is 1. The second kappa shape index (κ2) is 10.1. The number of nitriles is 1. The predicted octanol–water partition coefficient (Wildman–Crippen LogP) is 1.28. The molecule has 7 atom stereocenters. The number of aliphatic hydroxyl groups excluding tert-OH is 1. The van der Waals surface area contributed by atoms with Crippen LogP contribution in [-0.2, 0) is 29.0 Å². The van der Waals surface area contributed by atoms with Crippen LogP contribution in [0.2, 0.25) is 0 Å². The number of aromatic nitrogens is 3. The molecule has 3 heterocycles. The number of carbonyl (C=O) groups is 1. The van der Waals surface area contributed by atoms with E-state index in [0.29, 0.717) is 5.52 Å². The molecule has 2 aliphatic rings. The van der Waals surface area contributed by atoms with E-state index in [1.54, 1.807) is 45.0 Å². The quantitative estimate of drug-likeness (QED) is 0.200. The number of rotatable bonds is 10. The third kappa shape index (κ3) is 4.41. The van der Waals surface area contributed by atoms with Gasteiger partial charge in [0.25, 0.3) is 0 Å². The SMILES string of the molecule is CCOC(=O)[C@@H](NP(=O)(Oc1ccccc1)OC1[C@H]2O[C@@](C#N)(c3ccc4c(N)ncnn34)[C@H](O)[C@@]12O)C(C)C. The molecule has 2 fully saturated rings. The van der Waals surface area contributed by atoms with Gasteiger partial charge in [0.05, 0.1) is 12.3 Å². The highest BCUT2D eigenvalue weighted by atomic mass is 31.2. The van der Waals surface area contributed by atoms with Crippen molar-refractivity contribution in [3.8, 4) is 11.8 Å². The van der Waals surface area contributed by atoms with Crippen molar-refractivity contribution in [3.05, 3.63) is 54.5 Å². The lowest BCUT2D eigenvalue weighted by atomic mass is 9.90. The Morgan fingerprint density at radius 1 is 1.32 bits per heavy atom. The number of nitrogens with two attached hydrogens (primary N) is 1. The maximum Gasteiger partial charge on any atom is 0.459 e. The van der Waals surface area contributed by atoms with Crippen molar-refractivity contribution in [2.75, 3.05) is 12.3 Å². The summed E-state index contributed by atoms with van der Waals surface area (Å²) in [5.74, 6) is -0.762. The summed E-state index contributed by atoms with van der Waals surface area (Å²) >= 11 is 0. The summed E-state index contributed by atoms with van der Waals surface area (Å²) in [6, 6.07) is 12.0. The Hall–Kier alpha value is -3.57. The van der Waals surface area contributed by atoms with Crippen LogP contribution in [0.25, 0.3) is 5.52 Å². The average Bonchev–Trinajstić information content (AvgIpc) is 3.20. The number of benzene rings is 1. The first-order valence-corrected chi connectivity index (χ1v) is 14.1. The van der Waals surface area contributed by atoms with Crippen LogP contribution in [0.3, 0.4) is 0 Å². The molecule has 5 N–H and O–H groups in total. The summed E-state index contributed by atoms with van der Waals surface area (Å²) in [4.78, 5) is 16.5. The number of fused-ring (bicyclic) bond motifs is 2. The van der Waals surface area contributed by atoms with Gasteiger partial charge in [-0.15, -0.1) is 0 Å². The van der Waals surface area contributed by atoms with Crippen LogP contribution in [0.5, 0.6) is 5.75 Å². The lowest BCUT2D eigenvalue weighted by Gasteiger charge is -2.31. The van der Waals surface area contributed by atoms with E-state index < -0.39 is 49.3 Å². The zero-order valence-corrected chi connectivity index (χ0v) is 22.8. The normalized spacial score (nSPS) is 29.4. The van der Waals surface area contributed by atoms with Gasteiger partial charge in [-0.25, -0.2) is 14.1 Å². The fourth-order valence-corrected chi connectivity index (χ4v) is 6.71. The Labute approximate surface area is 229 Å². The zero-order chi connectivity index (χ0) is 28.9. The van der Waals surface area contributed by atoms with E-state index in [0.717, 1.165) is 0 Å². The summed E-state index contributed by atoms with van der Waals surface area (Å²) in [7, 11) is -4.43. The lowest BCUT2D eigenvalue weighted by molar-refractivity contribution is -0.146. The third-order valence-electron chi connectivity index (χ3n) is 6.97. The van der Waals surface area contributed by atoms with Gasteiger partial charge in [0.15, 0.2) is 11.4 Å². The van der Waals surface area contributed by atoms with E-state index in [1.165, 1.54) is 29.0 Å². The molecule has 2 unspecified atom stereocenters. The molecule has 1 saturated heterocycles. The molecule has 1 aliphatic carbocycles. The fourth-order valence-electron chi connectivity index (χ4n) is 4.83. The fraction of sp³-hybridized carbons (Fsp3) is 0.440.